The molecule has 0 amide bonds. The van der Waals surface area contributed by atoms with Gasteiger partial charge >= 0.3 is 0 Å². The highest BCUT2D eigenvalue weighted by atomic mass is 127. The van der Waals surface area contributed by atoms with Gasteiger partial charge in [0.15, 0.2) is 5.96 Å². The molecule has 0 unspecified atom stereocenters. The monoisotopic (exact) mass is 439 g/mol. The van der Waals surface area contributed by atoms with Gasteiger partial charge in [-0.3, -0.25) is 0 Å². The van der Waals surface area contributed by atoms with Gasteiger partial charge in [-0.05, 0) is 31.0 Å². The molecule has 0 saturated heterocycles. The SMILES string of the molecule is COc1ccc(Br)cc1CN=C(N)N(C)C1CC1.I. The molecule has 0 aliphatic heterocycles. The number of benzene rings is 1. The van der Waals surface area contributed by atoms with Crippen molar-refractivity contribution in [1.29, 1.82) is 0 Å². The molecule has 6 heteroatoms. The van der Waals surface area contributed by atoms with Crippen LogP contribution in [-0.2, 0) is 6.54 Å². The van der Waals surface area contributed by atoms with Gasteiger partial charge in [0, 0.05) is 23.1 Å². The summed E-state index contributed by atoms with van der Waals surface area (Å²) in [6.45, 7) is 0.533. The second kappa shape index (κ2) is 7.33. The lowest BCUT2D eigenvalue weighted by molar-refractivity contribution is 0.409. The highest BCUT2D eigenvalue weighted by Crippen LogP contribution is 2.26. The Morgan fingerprint density at radius 3 is 2.79 bits per heavy atom. The summed E-state index contributed by atoms with van der Waals surface area (Å²) >= 11 is 3.45. The number of nitrogens with zero attached hydrogens (tertiary/aromatic N) is 2. The fourth-order valence-corrected chi connectivity index (χ4v) is 2.21. The summed E-state index contributed by atoms with van der Waals surface area (Å²) in [7, 11) is 3.66. The van der Waals surface area contributed by atoms with Crippen molar-refractivity contribution >= 4 is 45.9 Å². The first-order valence-electron chi connectivity index (χ1n) is 5.97. The number of hydrogen-bond donors (Lipinski definition) is 1. The van der Waals surface area contributed by atoms with Gasteiger partial charge in [-0.15, -0.1) is 24.0 Å². The number of nitrogens with two attached hydrogens (primary N) is 1. The van der Waals surface area contributed by atoms with E-state index in [-0.39, 0.29) is 24.0 Å². The number of halogens is 2. The molecule has 1 aliphatic carbocycles. The molecule has 0 radical (unpaired) electrons. The third kappa shape index (κ3) is 4.52. The highest BCUT2D eigenvalue weighted by Gasteiger charge is 2.27. The predicted octanol–water partition coefficient (Wildman–Crippen LogP) is 2.98. The lowest BCUT2D eigenvalue weighted by Gasteiger charge is -2.17. The van der Waals surface area contributed by atoms with Crippen LogP contribution in [0.1, 0.15) is 18.4 Å². The molecule has 0 aromatic heterocycles. The standard InChI is InChI=1S/C13H18BrN3O.HI/c1-17(11-4-5-11)13(15)16-8-9-7-10(14)3-6-12(9)18-2;/h3,6-7,11H,4-5,8H2,1-2H3,(H2,15,16);1H. The summed E-state index contributed by atoms with van der Waals surface area (Å²) in [5.41, 5.74) is 6.99. The fourth-order valence-electron chi connectivity index (χ4n) is 1.80. The Kier molecular flexibility index (Phi) is 6.38. The van der Waals surface area contributed by atoms with Gasteiger partial charge in [0.1, 0.15) is 5.75 Å². The van der Waals surface area contributed by atoms with Crippen molar-refractivity contribution in [3.8, 4) is 5.75 Å². The minimum absolute atomic E-state index is 0. The van der Waals surface area contributed by atoms with Crippen LogP contribution in [0, 0.1) is 0 Å². The van der Waals surface area contributed by atoms with Crippen LogP contribution in [-0.4, -0.2) is 31.1 Å². The van der Waals surface area contributed by atoms with Gasteiger partial charge in [-0.2, -0.15) is 0 Å². The van der Waals surface area contributed by atoms with Gasteiger partial charge in [0.25, 0.3) is 0 Å². The van der Waals surface area contributed by atoms with Crippen molar-refractivity contribution in [1.82, 2.24) is 4.90 Å². The molecule has 1 aromatic carbocycles. The number of rotatable bonds is 4. The van der Waals surface area contributed by atoms with Crippen LogP contribution < -0.4 is 10.5 Å². The van der Waals surface area contributed by atoms with Gasteiger partial charge < -0.3 is 15.4 Å². The van der Waals surface area contributed by atoms with E-state index in [1.165, 1.54) is 12.8 Å². The van der Waals surface area contributed by atoms with Crippen LogP contribution in [0.15, 0.2) is 27.7 Å². The van der Waals surface area contributed by atoms with Crippen molar-refractivity contribution < 1.29 is 4.74 Å². The molecule has 0 bridgehead atoms. The van der Waals surface area contributed by atoms with E-state index < -0.39 is 0 Å². The van der Waals surface area contributed by atoms with Crippen molar-refractivity contribution in [3.63, 3.8) is 0 Å². The van der Waals surface area contributed by atoms with Crippen LogP contribution in [0.3, 0.4) is 0 Å². The average Bonchev–Trinajstić information content (AvgIpc) is 3.19. The topological polar surface area (TPSA) is 50.9 Å². The molecular weight excluding hydrogens is 421 g/mol. The summed E-state index contributed by atoms with van der Waals surface area (Å²) in [4.78, 5) is 6.47. The van der Waals surface area contributed by atoms with E-state index in [1.54, 1.807) is 7.11 Å². The van der Waals surface area contributed by atoms with E-state index >= 15 is 0 Å². The Morgan fingerprint density at radius 2 is 2.21 bits per heavy atom. The lowest BCUT2D eigenvalue weighted by atomic mass is 10.2. The Hall–Kier alpha value is -0.500. The van der Waals surface area contributed by atoms with Crippen LogP contribution in [0.5, 0.6) is 5.75 Å². The van der Waals surface area contributed by atoms with Crippen molar-refractivity contribution in [2.24, 2.45) is 10.7 Å². The third-order valence-corrected chi connectivity index (χ3v) is 3.60. The Balaban J connectivity index is 0.00000180. The normalized spacial score (nSPS) is 14.8. The van der Waals surface area contributed by atoms with Crippen LogP contribution in [0.25, 0.3) is 0 Å². The van der Waals surface area contributed by atoms with Gasteiger partial charge in [-0.25, -0.2) is 4.99 Å². The molecular formula is C13H19BrIN3O. The van der Waals surface area contributed by atoms with Gasteiger partial charge in [0.05, 0.1) is 13.7 Å². The molecule has 1 aromatic rings. The predicted molar refractivity (Wildman–Crippen MR) is 92.2 cm³/mol. The van der Waals surface area contributed by atoms with Crippen molar-refractivity contribution in [2.45, 2.75) is 25.4 Å². The Bertz CT molecular complexity index is 463. The van der Waals surface area contributed by atoms with E-state index in [2.05, 4.69) is 20.9 Å². The number of aliphatic imine (C=N–C) groups is 1. The zero-order chi connectivity index (χ0) is 13.1. The molecule has 2 N–H and O–H groups in total. The van der Waals surface area contributed by atoms with E-state index in [1.807, 2.05) is 30.1 Å². The molecule has 106 valence electrons. The van der Waals surface area contributed by atoms with Crippen molar-refractivity contribution in [3.05, 3.63) is 28.2 Å². The quantitative estimate of drug-likeness (QED) is 0.445. The van der Waals surface area contributed by atoms with Crippen LogP contribution in [0.4, 0.5) is 0 Å². The molecule has 0 atom stereocenters. The first kappa shape index (κ1) is 16.6. The summed E-state index contributed by atoms with van der Waals surface area (Å²) in [5, 5.41) is 0. The Labute approximate surface area is 139 Å². The molecule has 0 spiro atoms. The summed E-state index contributed by atoms with van der Waals surface area (Å²) in [6.07, 6.45) is 2.43. The Morgan fingerprint density at radius 1 is 1.53 bits per heavy atom. The average molecular weight is 440 g/mol. The van der Waals surface area contributed by atoms with E-state index in [0.29, 0.717) is 18.5 Å². The number of hydrogen-bond acceptors (Lipinski definition) is 2. The number of guanidine groups is 1. The maximum absolute atomic E-state index is 5.96. The second-order valence-corrected chi connectivity index (χ2v) is 5.39. The molecule has 0 heterocycles. The fraction of sp³-hybridized carbons (Fsp3) is 0.462. The zero-order valence-electron chi connectivity index (χ0n) is 11.1. The van der Waals surface area contributed by atoms with Gasteiger partial charge in [-0.1, -0.05) is 15.9 Å². The number of methoxy groups -OCH3 is 1. The van der Waals surface area contributed by atoms with Crippen LogP contribution >= 0.6 is 39.9 Å². The molecule has 1 fully saturated rings. The minimum atomic E-state index is 0. The minimum Gasteiger partial charge on any atom is -0.496 e. The zero-order valence-corrected chi connectivity index (χ0v) is 15.0. The molecule has 2 rings (SSSR count). The van der Waals surface area contributed by atoms with E-state index in [9.17, 15) is 0 Å². The summed E-state index contributed by atoms with van der Waals surface area (Å²) in [5.74, 6) is 1.43. The maximum atomic E-state index is 5.96. The van der Waals surface area contributed by atoms with Crippen LogP contribution in [0.2, 0.25) is 0 Å². The summed E-state index contributed by atoms with van der Waals surface area (Å²) < 4.78 is 6.32. The summed E-state index contributed by atoms with van der Waals surface area (Å²) in [6, 6.07) is 6.46. The lowest BCUT2D eigenvalue weighted by Crippen LogP contribution is -2.35. The molecule has 1 saturated carbocycles. The van der Waals surface area contributed by atoms with E-state index in [4.69, 9.17) is 10.5 Å². The second-order valence-electron chi connectivity index (χ2n) is 4.47. The smallest absolute Gasteiger partial charge is 0.191 e. The maximum Gasteiger partial charge on any atom is 0.191 e. The third-order valence-electron chi connectivity index (χ3n) is 3.11. The molecule has 4 nitrogen and oxygen atoms in total. The molecule has 19 heavy (non-hydrogen) atoms. The molecule has 1 aliphatic rings. The van der Waals surface area contributed by atoms with Crippen molar-refractivity contribution in [2.75, 3.05) is 14.2 Å². The first-order valence-corrected chi connectivity index (χ1v) is 6.76. The largest absolute Gasteiger partial charge is 0.496 e. The van der Waals surface area contributed by atoms with Gasteiger partial charge in [0.2, 0.25) is 0 Å². The van der Waals surface area contributed by atoms with E-state index in [0.717, 1.165) is 15.8 Å². The number of ether oxygens (including phenoxy) is 1. The highest BCUT2D eigenvalue weighted by molar-refractivity contribution is 14.0. The first-order chi connectivity index (χ1) is 8.61.